The summed E-state index contributed by atoms with van der Waals surface area (Å²) in [5.41, 5.74) is 0.715. The molecule has 0 amide bonds. The van der Waals surface area contributed by atoms with Gasteiger partial charge in [-0.05, 0) is 18.6 Å². The molecular formula is C10H10FNO. The summed E-state index contributed by atoms with van der Waals surface area (Å²) in [7, 11) is 0. The molecule has 0 aliphatic rings. The lowest BCUT2D eigenvalue weighted by Gasteiger charge is -1.94. The molecule has 1 aromatic rings. The molecule has 0 atom stereocenters. The predicted molar refractivity (Wildman–Crippen MR) is 50.4 cm³/mol. The molecular weight excluding hydrogens is 169 g/mol. The predicted octanol–water partition coefficient (Wildman–Crippen LogP) is 2.85. The molecule has 0 saturated heterocycles. The maximum absolute atomic E-state index is 13.1. The van der Waals surface area contributed by atoms with Crippen molar-refractivity contribution in [1.82, 2.24) is 0 Å². The Hall–Kier alpha value is -1.64. The Kier molecular flexibility index (Phi) is 3.20. The van der Waals surface area contributed by atoms with Crippen LogP contribution in [0, 0.1) is 0 Å². The third-order valence-electron chi connectivity index (χ3n) is 1.59. The van der Waals surface area contributed by atoms with Gasteiger partial charge in [0, 0.05) is 0 Å². The third-order valence-corrected chi connectivity index (χ3v) is 1.59. The van der Waals surface area contributed by atoms with Crippen molar-refractivity contribution < 1.29 is 9.60 Å². The van der Waals surface area contributed by atoms with Crippen LogP contribution in [0.5, 0.6) is 0 Å². The first-order chi connectivity index (χ1) is 6.24. The summed E-state index contributed by atoms with van der Waals surface area (Å²) < 4.78 is 13.1. The van der Waals surface area contributed by atoms with Gasteiger partial charge in [-0.15, -0.1) is 0 Å². The van der Waals surface area contributed by atoms with Gasteiger partial charge in [0.25, 0.3) is 0 Å². The van der Waals surface area contributed by atoms with Crippen LogP contribution in [0.2, 0.25) is 0 Å². The summed E-state index contributed by atoms with van der Waals surface area (Å²) in [5.74, 6) is -0.534. The van der Waals surface area contributed by atoms with Gasteiger partial charge in [-0.3, -0.25) is 0 Å². The Morgan fingerprint density at radius 2 is 2.00 bits per heavy atom. The van der Waals surface area contributed by atoms with E-state index in [1.165, 1.54) is 13.0 Å². The molecule has 0 fully saturated rings. The standard InChI is InChI=1S/C10H10FNO/c1-8(12-13)10(11)7-9-5-3-2-4-6-9/h2-7,13H,1H3/b10-7-,12-8+. The molecule has 68 valence electrons. The summed E-state index contributed by atoms with van der Waals surface area (Å²) in [5, 5.41) is 11.0. The van der Waals surface area contributed by atoms with Crippen molar-refractivity contribution in [3.8, 4) is 0 Å². The van der Waals surface area contributed by atoms with Crippen LogP contribution in [0.25, 0.3) is 6.08 Å². The summed E-state index contributed by atoms with van der Waals surface area (Å²) >= 11 is 0. The van der Waals surface area contributed by atoms with E-state index in [2.05, 4.69) is 5.16 Å². The summed E-state index contributed by atoms with van der Waals surface area (Å²) in [6, 6.07) is 9.01. The van der Waals surface area contributed by atoms with E-state index >= 15 is 0 Å². The number of nitrogens with zero attached hydrogens (tertiary/aromatic N) is 1. The lowest BCUT2D eigenvalue weighted by Crippen LogP contribution is -1.90. The molecule has 0 aromatic heterocycles. The number of hydrogen-bond donors (Lipinski definition) is 1. The smallest absolute Gasteiger partial charge is 0.148 e. The van der Waals surface area contributed by atoms with E-state index in [9.17, 15) is 4.39 Å². The molecule has 0 aliphatic carbocycles. The second kappa shape index (κ2) is 4.40. The first kappa shape index (κ1) is 9.45. The third kappa shape index (κ3) is 2.71. The minimum absolute atomic E-state index is 0.0242. The monoisotopic (exact) mass is 179 g/mol. The number of rotatable bonds is 2. The van der Waals surface area contributed by atoms with E-state index in [1.807, 2.05) is 18.2 Å². The van der Waals surface area contributed by atoms with Crippen LogP contribution < -0.4 is 0 Å². The molecule has 0 saturated carbocycles. The zero-order valence-corrected chi connectivity index (χ0v) is 7.24. The van der Waals surface area contributed by atoms with Crippen LogP contribution in [0.3, 0.4) is 0 Å². The SMILES string of the molecule is CC(=N\O)/C(F)=C/c1ccccc1. The highest BCUT2D eigenvalue weighted by Gasteiger charge is 1.99. The van der Waals surface area contributed by atoms with E-state index in [4.69, 9.17) is 5.21 Å². The Bertz CT molecular complexity index is 330. The largest absolute Gasteiger partial charge is 0.411 e. The molecule has 0 aliphatic heterocycles. The Morgan fingerprint density at radius 3 is 2.54 bits per heavy atom. The molecule has 1 rings (SSSR count). The zero-order chi connectivity index (χ0) is 9.68. The van der Waals surface area contributed by atoms with E-state index in [-0.39, 0.29) is 5.71 Å². The fourth-order valence-electron chi connectivity index (χ4n) is 0.848. The first-order valence-corrected chi connectivity index (χ1v) is 3.85. The summed E-state index contributed by atoms with van der Waals surface area (Å²) in [6.07, 6.45) is 1.31. The highest BCUT2D eigenvalue weighted by molar-refractivity contribution is 5.99. The number of hydrogen-bond acceptors (Lipinski definition) is 2. The van der Waals surface area contributed by atoms with Crippen LogP contribution in [-0.4, -0.2) is 10.9 Å². The second-order valence-electron chi connectivity index (χ2n) is 2.59. The summed E-state index contributed by atoms with van der Waals surface area (Å²) in [6.45, 7) is 1.40. The second-order valence-corrected chi connectivity index (χ2v) is 2.59. The molecule has 0 bridgehead atoms. The highest BCUT2D eigenvalue weighted by Crippen LogP contribution is 2.08. The van der Waals surface area contributed by atoms with Gasteiger partial charge in [-0.1, -0.05) is 35.5 Å². The minimum Gasteiger partial charge on any atom is -0.411 e. The van der Waals surface area contributed by atoms with Gasteiger partial charge in [-0.25, -0.2) is 4.39 Å². The summed E-state index contributed by atoms with van der Waals surface area (Å²) in [4.78, 5) is 0. The van der Waals surface area contributed by atoms with Gasteiger partial charge in [0.15, 0.2) is 0 Å². The number of benzene rings is 1. The van der Waals surface area contributed by atoms with E-state index in [0.717, 1.165) is 5.56 Å². The van der Waals surface area contributed by atoms with E-state index in [1.54, 1.807) is 12.1 Å². The average molecular weight is 179 g/mol. The lowest BCUT2D eigenvalue weighted by atomic mass is 10.2. The van der Waals surface area contributed by atoms with Crippen molar-refractivity contribution in [3.05, 3.63) is 41.7 Å². The Morgan fingerprint density at radius 1 is 1.38 bits per heavy atom. The van der Waals surface area contributed by atoms with Crippen molar-refractivity contribution in [2.45, 2.75) is 6.92 Å². The van der Waals surface area contributed by atoms with Crippen molar-refractivity contribution in [1.29, 1.82) is 0 Å². The maximum atomic E-state index is 13.1. The molecule has 0 heterocycles. The Labute approximate surface area is 76.0 Å². The minimum atomic E-state index is -0.534. The van der Waals surface area contributed by atoms with Crippen LogP contribution in [0.15, 0.2) is 41.3 Å². The molecule has 13 heavy (non-hydrogen) atoms. The van der Waals surface area contributed by atoms with Crippen LogP contribution >= 0.6 is 0 Å². The topological polar surface area (TPSA) is 32.6 Å². The first-order valence-electron chi connectivity index (χ1n) is 3.85. The fourth-order valence-corrected chi connectivity index (χ4v) is 0.848. The normalized spacial score (nSPS) is 13.1. The molecule has 0 unspecified atom stereocenters. The molecule has 1 N–H and O–H groups in total. The molecule has 2 nitrogen and oxygen atoms in total. The molecule has 1 aromatic carbocycles. The van der Waals surface area contributed by atoms with Crippen molar-refractivity contribution in [3.63, 3.8) is 0 Å². The van der Waals surface area contributed by atoms with Gasteiger partial charge in [0.2, 0.25) is 0 Å². The average Bonchev–Trinajstić information content (AvgIpc) is 2.18. The fraction of sp³-hybridized carbons (Fsp3) is 0.100. The van der Waals surface area contributed by atoms with Gasteiger partial charge in [-0.2, -0.15) is 0 Å². The van der Waals surface area contributed by atoms with Crippen LogP contribution in [0.1, 0.15) is 12.5 Å². The molecule has 0 radical (unpaired) electrons. The Balaban J connectivity index is 2.89. The van der Waals surface area contributed by atoms with Gasteiger partial charge < -0.3 is 5.21 Å². The number of oxime groups is 1. The van der Waals surface area contributed by atoms with Gasteiger partial charge >= 0.3 is 0 Å². The van der Waals surface area contributed by atoms with Crippen LogP contribution in [0.4, 0.5) is 4.39 Å². The van der Waals surface area contributed by atoms with Crippen molar-refractivity contribution >= 4 is 11.8 Å². The van der Waals surface area contributed by atoms with Gasteiger partial charge in [0.1, 0.15) is 11.5 Å². The van der Waals surface area contributed by atoms with Crippen molar-refractivity contribution in [2.24, 2.45) is 5.16 Å². The number of allylic oxidation sites excluding steroid dienone is 1. The zero-order valence-electron chi connectivity index (χ0n) is 7.24. The maximum Gasteiger partial charge on any atom is 0.148 e. The van der Waals surface area contributed by atoms with E-state index in [0.29, 0.717) is 0 Å². The number of halogens is 1. The van der Waals surface area contributed by atoms with Crippen LogP contribution in [-0.2, 0) is 0 Å². The lowest BCUT2D eigenvalue weighted by molar-refractivity contribution is 0.318. The van der Waals surface area contributed by atoms with Gasteiger partial charge in [0.05, 0.1) is 0 Å². The van der Waals surface area contributed by atoms with E-state index < -0.39 is 5.83 Å². The molecule has 3 heteroatoms. The quantitative estimate of drug-likeness (QED) is 0.422. The van der Waals surface area contributed by atoms with Crippen molar-refractivity contribution in [2.75, 3.05) is 0 Å². The highest BCUT2D eigenvalue weighted by atomic mass is 19.1. The molecule has 0 spiro atoms.